The van der Waals surface area contributed by atoms with Crippen LogP contribution in [-0.2, 0) is 0 Å². The van der Waals surface area contributed by atoms with Gasteiger partial charge in [0, 0.05) is 22.4 Å². The fourth-order valence-electron chi connectivity index (χ4n) is 1.63. The predicted octanol–water partition coefficient (Wildman–Crippen LogP) is 4.50. The van der Waals surface area contributed by atoms with Crippen LogP contribution in [0.4, 0.5) is 0 Å². The van der Waals surface area contributed by atoms with Gasteiger partial charge in [0.2, 0.25) is 0 Å². The molecule has 0 aliphatic heterocycles. The summed E-state index contributed by atoms with van der Waals surface area (Å²) in [5, 5.41) is 0. The molecule has 0 radical (unpaired) electrons. The fraction of sp³-hybridized carbons (Fsp3) is 0. The number of aromatic nitrogens is 3. The third-order valence-electron chi connectivity index (χ3n) is 2.45. The molecule has 3 rings (SSSR count). The van der Waals surface area contributed by atoms with Crippen molar-refractivity contribution < 1.29 is 0 Å². The van der Waals surface area contributed by atoms with E-state index >= 15 is 0 Å². The first-order valence-electron chi connectivity index (χ1n) is 4.98. The van der Waals surface area contributed by atoms with E-state index < -0.39 is 0 Å². The number of rotatable bonds is 1. The Labute approximate surface area is 131 Å². The number of fused-ring (bicyclic) bond motifs is 1. The SMILES string of the molecule is Br.Brc1ccc(-c2cn3cc(Br)ncc3n2)cc1. The van der Waals surface area contributed by atoms with Gasteiger partial charge in [-0.25, -0.2) is 9.97 Å². The molecule has 0 unspecified atom stereocenters. The molecule has 0 saturated heterocycles. The summed E-state index contributed by atoms with van der Waals surface area (Å²) in [6.45, 7) is 0. The van der Waals surface area contributed by atoms with Gasteiger partial charge < -0.3 is 4.40 Å². The van der Waals surface area contributed by atoms with Crippen LogP contribution in [0.15, 0.2) is 51.9 Å². The molecule has 0 spiro atoms. The number of benzene rings is 1. The zero-order chi connectivity index (χ0) is 11.8. The molecule has 3 aromatic rings. The molecular weight excluding hydrogens is 426 g/mol. The molecule has 2 heterocycles. The standard InChI is InChI=1S/C12H7Br2N3.BrH/c13-9-3-1-8(2-4-9)10-6-17-7-11(14)15-5-12(17)16-10;/h1-7H;1H. The second-order valence-corrected chi connectivity index (χ2v) is 5.34. The van der Waals surface area contributed by atoms with Crippen molar-refractivity contribution in [2.24, 2.45) is 0 Å². The van der Waals surface area contributed by atoms with Gasteiger partial charge in [-0.1, -0.05) is 28.1 Å². The second kappa shape index (κ2) is 5.50. The summed E-state index contributed by atoms with van der Waals surface area (Å²) in [6.07, 6.45) is 5.63. The Hall–Kier alpha value is -0.720. The molecule has 0 saturated carbocycles. The Balaban J connectivity index is 0.00000120. The Morgan fingerprint density at radius 2 is 1.72 bits per heavy atom. The lowest BCUT2D eigenvalue weighted by molar-refractivity contribution is 1.10. The molecule has 0 fully saturated rings. The first-order valence-corrected chi connectivity index (χ1v) is 6.57. The monoisotopic (exact) mass is 431 g/mol. The number of hydrogen-bond donors (Lipinski definition) is 0. The van der Waals surface area contributed by atoms with E-state index in [2.05, 4.69) is 41.8 Å². The molecule has 1 aromatic carbocycles. The lowest BCUT2D eigenvalue weighted by Gasteiger charge is -1.95. The molecule has 6 heteroatoms. The van der Waals surface area contributed by atoms with Crippen LogP contribution in [0.25, 0.3) is 16.9 Å². The van der Waals surface area contributed by atoms with Crippen molar-refractivity contribution in [2.75, 3.05) is 0 Å². The van der Waals surface area contributed by atoms with Crippen molar-refractivity contribution in [1.29, 1.82) is 0 Å². The van der Waals surface area contributed by atoms with Gasteiger partial charge in [-0.05, 0) is 28.1 Å². The van der Waals surface area contributed by atoms with Gasteiger partial charge in [0.05, 0.1) is 11.9 Å². The van der Waals surface area contributed by atoms with Gasteiger partial charge in [0.1, 0.15) is 4.60 Å². The Morgan fingerprint density at radius 1 is 1.00 bits per heavy atom. The molecule has 0 bridgehead atoms. The first-order chi connectivity index (χ1) is 8.22. The van der Waals surface area contributed by atoms with Gasteiger partial charge in [0.15, 0.2) is 5.65 Å². The van der Waals surface area contributed by atoms with Crippen molar-refractivity contribution in [2.45, 2.75) is 0 Å². The van der Waals surface area contributed by atoms with Gasteiger partial charge in [-0.2, -0.15) is 0 Å². The second-order valence-electron chi connectivity index (χ2n) is 3.61. The third-order valence-corrected chi connectivity index (χ3v) is 3.39. The van der Waals surface area contributed by atoms with Crippen molar-refractivity contribution in [3.05, 3.63) is 51.9 Å². The lowest BCUT2D eigenvalue weighted by Crippen LogP contribution is -1.84. The van der Waals surface area contributed by atoms with Crippen LogP contribution in [0.3, 0.4) is 0 Å². The summed E-state index contributed by atoms with van der Waals surface area (Å²) in [4.78, 5) is 8.67. The topological polar surface area (TPSA) is 30.2 Å². The van der Waals surface area contributed by atoms with Gasteiger partial charge in [-0.3, -0.25) is 0 Å². The average molecular weight is 434 g/mol. The molecule has 0 amide bonds. The summed E-state index contributed by atoms with van der Waals surface area (Å²) in [5.41, 5.74) is 2.87. The normalized spacial score (nSPS) is 10.3. The van der Waals surface area contributed by atoms with Crippen LogP contribution >= 0.6 is 48.8 Å². The highest BCUT2D eigenvalue weighted by molar-refractivity contribution is 9.10. The minimum atomic E-state index is 0. The first kappa shape index (κ1) is 13.7. The Bertz CT molecular complexity index is 677. The van der Waals surface area contributed by atoms with E-state index in [1.807, 2.05) is 41.1 Å². The predicted molar refractivity (Wildman–Crippen MR) is 84.1 cm³/mol. The van der Waals surface area contributed by atoms with Crippen molar-refractivity contribution in [3.63, 3.8) is 0 Å². The number of halogens is 3. The maximum atomic E-state index is 4.52. The van der Waals surface area contributed by atoms with E-state index in [4.69, 9.17) is 0 Å². The van der Waals surface area contributed by atoms with E-state index in [-0.39, 0.29) is 17.0 Å². The molecular formula is C12H8Br3N3. The lowest BCUT2D eigenvalue weighted by atomic mass is 10.2. The molecule has 3 nitrogen and oxygen atoms in total. The fourth-order valence-corrected chi connectivity index (χ4v) is 2.22. The van der Waals surface area contributed by atoms with E-state index in [1.54, 1.807) is 6.20 Å². The number of imidazole rings is 1. The van der Waals surface area contributed by atoms with Crippen molar-refractivity contribution in [1.82, 2.24) is 14.4 Å². The molecule has 0 aliphatic rings. The smallest absolute Gasteiger partial charge is 0.156 e. The zero-order valence-electron chi connectivity index (χ0n) is 9.05. The van der Waals surface area contributed by atoms with Gasteiger partial charge in [-0.15, -0.1) is 17.0 Å². The molecule has 0 atom stereocenters. The Kier molecular flexibility index (Phi) is 4.19. The molecule has 0 aliphatic carbocycles. The van der Waals surface area contributed by atoms with Crippen LogP contribution in [0.2, 0.25) is 0 Å². The summed E-state index contributed by atoms with van der Waals surface area (Å²) in [6, 6.07) is 8.09. The maximum Gasteiger partial charge on any atom is 0.156 e. The zero-order valence-corrected chi connectivity index (χ0v) is 13.9. The average Bonchev–Trinajstić information content (AvgIpc) is 2.72. The molecule has 0 N–H and O–H groups in total. The van der Waals surface area contributed by atoms with Crippen LogP contribution in [0, 0.1) is 0 Å². The Morgan fingerprint density at radius 3 is 2.44 bits per heavy atom. The number of hydrogen-bond acceptors (Lipinski definition) is 2. The van der Waals surface area contributed by atoms with Crippen molar-refractivity contribution in [3.8, 4) is 11.3 Å². The molecule has 18 heavy (non-hydrogen) atoms. The summed E-state index contributed by atoms with van der Waals surface area (Å²) in [5.74, 6) is 0. The van der Waals surface area contributed by atoms with Gasteiger partial charge in [0.25, 0.3) is 0 Å². The van der Waals surface area contributed by atoms with E-state index in [0.717, 1.165) is 26.0 Å². The highest BCUT2D eigenvalue weighted by Gasteiger charge is 2.04. The van der Waals surface area contributed by atoms with Crippen LogP contribution in [-0.4, -0.2) is 14.4 Å². The molecule has 2 aromatic heterocycles. The summed E-state index contributed by atoms with van der Waals surface area (Å²) in [7, 11) is 0. The summed E-state index contributed by atoms with van der Waals surface area (Å²) >= 11 is 6.76. The van der Waals surface area contributed by atoms with Crippen LogP contribution in [0.5, 0.6) is 0 Å². The van der Waals surface area contributed by atoms with E-state index in [0.29, 0.717) is 0 Å². The van der Waals surface area contributed by atoms with E-state index in [1.165, 1.54) is 0 Å². The summed E-state index contributed by atoms with van der Waals surface area (Å²) < 4.78 is 3.81. The maximum absolute atomic E-state index is 4.52. The minimum absolute atomic E-state index is 0. The van der Waals surface area contributed by atoms with Crippen molar-refractivity contribution >= 4 is 54.5 Å². The third kappa shape index (κ3) is 2.65. The van der Waals surface area contributed by atoms with Crippen LogP contribution in [0.1, 0.15) is 0 Å². The number of nitrogens with zero attached hydrogens (tertiary/aromatic N) is 3. The minimum Gasteiger partial charge on any atom is -0.302 e. The van der Waals surface area contributed by atoms with Crippen LogP contribution < -0.4 is 0 Å². The van der Waals surface area contributed by atoms with Gasteiger partial charge >= 0.3 is 0 Å². The molecule has 92 valence electrons. The van der Waals surface area contributed by atoms with E-state index in [9.17, 15) is 0 Å². The highest BCUT2D eigenvalue weighted by Crippen LogP contribution is 2.21. The quantitative estimate of drug-likeness (QED) is 0.565. The highest BCUT2D eigenvalue weighted by atomic mass is 79.9. The largest absolute Gasteiger partial charge is 0.302 e.